The first kappa shape index (κ1) is 20.5. The predicted molar refractivity (Wildman–Crippen MR) is 110 cm³/mol. The number of methoxy groups -OCH3 is 5. The Morgan fingerprint density at radius 3 is 1.65 bits per heavy atom. The van der Waals surface area contributed by atoms with Gasteiger partial charge in [-0.25, -0.2) is 0 Å². The molecule has 0 radical (unpaired) electrons. The highest BCUT2D eigenvalue weighted by molar-refractivity contribution is 9.11. The summed E-state index contributed by atoms with van der Waals surface area (Å²) in [5.74, 6) is 2.99. The summed E-state index contributed by atoms with van der Waals surface area (Å²) in [6.07, 6.45) is 3.90. The maximum Gasteiger partial charge on any atom is 0.204 e. The Hall–Kier alpha value is -1.86. The molecule has 2 aromatic rings. The molecule has 2 aromatic carbocycles. The number of rotatable bonds is 7. The summed E-state index contributed by atoms with van der Waals surface area (Å²) in [4.78, 5) is 0. The van der Waals surface area contributed by atoms with Gasteiger partial charge in [0.25, 0.3) is 0 Å². The van der Waals surface area contributed by atoms with E-state index in [0.29, 0.717) is 28.7 Å². The van der Waals surface area contributed by atoms with E-state index < -0.39 is 0 Å². The standard InChI is InChI=1S/C19H20Br2O5/c1-22-14-8-11(13(20)10-15(14)23-2)6-7-12-9-16(24-3)18(25-4)19(26-5)17(12)21/h6-10H,1-5H3/b7-6-. The van der Waals surface area contributed by atoms with Crippen LogP contribution in [-0.4, -0.2) is 35.5 Å². The zero-order valence-corrected chi connectivity index (χ0v) is 18.4. The molecule has 0 aliphatic heterocycles. The highest BCUT2D eigenvalue weighted by Gasteiger charge is 2.18. The third-order valence-corrected chi connectivity index (χ3v) is 5.25. The van der Waals surface area contributed by atoms with E-state index in [9.17, 15) is 0 Å². The molecule has 0 atom stereocenters. The maximum absolute atomic E-state index is 5.46. The number of benzene rings is 2. The van der Waals surface area contributed by atoms with Crippen molar-refractivity contribution in [3.63, 3.8) is 0 Å². The van der Waals surface area contributed by atoms with Crippen LogP contribution in [-0.2, 0) is 0 Å². The van der Waals surface area contributed by atoms with Gasteiger partial charge in [0, 0.05) is 4.47 Å². The van der Waals surface area contributed by atoms with Crippen LogP contribution in [0.4, 0.5) is 0 Å². The van der Waals surface area contributed by atoms with Gasteiger partial charge in [-0.05, 0) is 45.3 Å². The lowest BCUT2D eigenvalue weighted by atomic mass is 10.1. The van der Waals surface area contributed by atoms with Gasteiger partial charge in [-0.1, -0.05) is 28.1 Å². The summed E-state index contributed by atoms with van der Waals surface area (Å²) < 4.78 is 28.6. The van der Waals surface area contributed by atoms with Gasteiger partial charge in [-0.3, -0.25) is 0 Å². The molecule has 0 N–H and O–H groups in total. The molecule has 0 bridgehead atoms. The van der Waals surface area contributed by atoms with Crippen molar-refractivity contribution in [3.05, 3.63) is 38.3 Å². The van der Waals surface area contributed by atoms with Gasteiger partial charge >= 0.3 is 0 Å². The molecule has 2 rings (SSSR count). The summed E-state index contributed by atoms with van der Waals surface area (Å²) >= 11 is 7.13. The number of hydrogen-bond acceptors (Lipinski definition) is 5. The zero-order chi connectivity index (χ0) is 19.3. The van der Waals surface area contributed by atoms with E-state index in [1.165, 1.54) is 0 Å². The zero-order valence-electron chi connectivity index (χ0n) is 15.2. The van der Waals surface area contributed by atoms with Crippen LogP contribution in [0.15, 0.2) is 27.1 Å². The largest absolute Gasteiger partial charge is 0.493 e. The van der Waals surface area contributed by atoms with Crippen molar-refractivity contribution in [1.82, 2.24) is 0 Å². The van der Waals surface area contributed by atoms with Crippen molar-refractivity contribution >= 4 is 44.0 Å². The smallest absolute Gasteiger partial charge is 0.204 e. The van der Waals surface area contributed by atoms with Crippen LogP contribution < -0.4 is 23.7 Å². The Balaban J connectivity index is 2.51. The minimum Gasteiger partial charge on any atom is -0.493 e. The van der Waals surface area contributed by atoms with Crippen molar-refractivity contribution in [2.45, 2.75) is 0 Å². The van der Waals surface area contributed by atoms with Crippen molar-refractivity contribution in [1.29, 1.82) is 0 Å². The summed E-state index contributed by atoms with van der Waals surface area (Å²) in [5, 5.41) is 0. The van der Waals surface area contributed by atoms with Crippen molar-refractivity contribution in [3.8, 4) is 28.7 Å². The Bertz CT molecular complexity index is 818. The van der Waals surface area contributed by atoms with Crippen molar-refractivity contribution in [2.75, 3.05) is 35.5 Å². The minimum absolute atomic E-state index is 0.534. The first-order valence-electron chi connectivity index (χ1n) is 7.58. The summed E-state index contributed by atoms with van der Waals surface area (Å²) in [5.41, 5.74) is 1.81. The fraction of sp³-hybridized carbons (Fsp3) is 0.263. The van der Waals surface area contributed by atoms with Crippen LogP contribution in [0.1, 0.15) is 11.1 Å². The lowest BCUT2D eigenvalue weighted by Crippen LogP contribution is -1.97. The molecule has 0 aliphatic rings. The van der Waals surface area contributed by atoms with E-state index in [4.69, 9.17) is 23.7 Å². The van der Waals surface area contributed by atoms with E-state index >= 15 is 0 Å². The monoisotopic (exact) mass is 486 g/mol. The molecule has 0 aromatic heterocycles. The normalized spacial score (nSPS) is 10.7. The minimum atomic E-state index is 0.534. The second kappa shape index (κ2) is 9.19. The van der Waals surface area contributed by atoms with E-state index in [-0.39, 0.29) is 0 Å². The second-order valence-electron chi connectivity index (χ2n) is 5.11. The Morgan fingerprint density at radius 2 is 1.12 bits per heavy atom. The maximum atomic E-state index is 5.46. The van der Waals surface area contributed by atoms with E-state index in [0.717, 1.165) is 20.1 Å². The van der Waals surface area contributed by atoms with E-state index in [1.54, 1.807) is 35.5 Å². The van der Waals surface area contributed by atoms with Gasteiger partial charge < -0.3 is 23.7 Å². The first-order chi connectivity index (χ1) is 12.5. The molecule has 26 heavy (non-hydrogen) atoms. The Labute approximate surface area is 170 Å². The quantitative estimate of drug-likeness (QED) is 0.487. The van der Waals surface area contributed by atoms with Crippen LogP contribution in [0.2, 0.25) is 0 Å². The van der Waals surface area contributed by atoms with Crippen LogP contribution >= 0.6 is 31.9 Å². The molecule has 5 nitrogen and oxygen atoms in total. The number of halogens is 2. The number of hydrogen-bond donors (Lipinski definition) is 0. The van der Waals surface area contributed by atoms with Crippen LogP contribution in [0.25, 0.3) is 12.2 Å². The van der Waals surface area contributed by atoms with Crippen LogP contribution in [0.5, 0.6) is 28.7 Å². The average molecular weight is 488 g/mol. The molecule has 0 aliphatic carbocycles. The third kappa shape index (κ3) is 4.10. The molecule has 140 valence electrons. The van der Waals surface area contributed by atoms with Crippen LogP contribution in [0.3, 0.4) is 0 Å². The lowest BCUT2D eigenvalue weighted by molar-refractivity contribution is 0.323. The van der Waals surface area contributed by atoms with Crippen molar-refractivity contribution < 1.29 is 23.7 Å². The van der Waals surface area contributed by atoms with Gasteiger partial charge in [0.05, 0.1) is 40.0 Å². The lowest BCUT2D eigenvalue weighted by Gasteiger charge is -2.15. The van der Waals surface area contributed by atoms with Gasteiger partial charge in [0.2, 0.25) is 5.75 Å². The fourth-order valence-electron chi connectivity index (χ4n) is 2.44. The SMILES string of the molecule is COc1cc(Br)c(/C=C\c2cc(OC)c(OC)c(OC)c2Br)cc1OC. The van der Waals surface area contributed by atoms with Gasteiger partial charge in [-0.2, -0.15) is 0 Å². The molecular weight excluding hydrogens is 468 g/mol. The first-order valence-corrected chi connectivity index (χ1v) is 9.17. The third-order valence-electron chi connectivity index (χ3n) is 3.74. The molecule has 0 heterocycles. The van der Waals surface area contributed by atoms with Gasteiger partial charge in [0.15, 0.2) is 23.0 Å². The Morgan fingerprint density at radius 1 is 0.615 bits per heavy atom. The highest BCUT2D eigenvalue weighted by atomic mass is 79.9. The molecule has 0 saturated heterocycles. The number of ether oxygens (including phenoxy) is 5. The van der Waals surface area contributed by atoms with Crippen molar-refractivity contribution in [2.24, 2.45) is 0 Å². The second-order valence-corrected chi connectivity index (χ2v) is 6.76. The fourth-order valence-corrected chi connectivity index (χ4v) is 3.48. The molecule has 0 unspecified atom stereocenters. The van der Waals surface area contributed by atoms with E-state index in [2.05, 4.69) is 31.9 Å². The predicted octanol–water partition coefficient (Wildman–Crippen LogP) is 5.43. The average Bonchev–Trinajstić information content (AvgIpc) is 2.66. The topological polar surface area (TPSA) is 46.2 Å². The summed E-state index contributed by atoms with van der Waals surface area (Å²) in [7, 11) is 7.95. The van der Waals surface area contributed by atoms with Gasteiger partial charge in [-0.15, -0.1) is 0 Å². The molecule has 0 saturated carbocycles. The molecular formula is C19H20Br2O5. The highest BCUT2D eigenvalue weighted by Crippen LogP contribution is 2.45. The summed E-state index contributed by atoms with van der Waals surface area (Å²) in [6.45, 7) is 0. The summed E-state index contributed by atoms with van der Waals surface area (Å²) in [6, 6.07) is 5.63. The Kier molecular flexibility index (Phi) is 7.23. The van der Waals surface area contributed by atoms with E-state index in [1.807, 2.05) is 30.4 Å². The molecule has 7 heteroatoms. The molecule has 0 amide bonds. The van der Waals surface area contributed by atoms with Crippen LogP contribution in [0, 0.1) is 0 Å². The molecule has 0 fully saturated rings. The molecule has 0 spiro atoms. The van der Waals surface area contributed by atoms with Gasteiger partial charge in [0.1, 0.15) is 0 Å².